The number of Topliss-reactive ketones (excluding diaryl/α,β-unsaturated/α-hetero) is 2. The summed E-state index contributed by atoms with van der Waals surface area (Å²) in [6, 6.07) is 0. The molecule has 0 saturated heterocycles. The van der Waals surface area contributed by atoms with E-state index in [9.17, 15) is 9.59 Å². The van der Waals surface area contributed by atoms with Crippen molar-refractivity contribution in [2.75, 3.05) is 0 Å². The highest BCUT2D eigenvalue weighted by atomic mass is 35.5. The van der Waals surface area contributed by atoms with E-state index in [1.807, 2.05) is 13.8 Å². The summed E-state index contributed by atoms with van der Waals surface area (Å²) in [5.41, 5.74) is 5.59. The molecular formula is C16H19ClO2. The Morgan fingerprint density at radius 3 is 1.84 bits per heavy atom. The van der Waals surface area contributed by atoms with E-state index in [2.05, 4.69) is 13.8 Å². The number of rotatable bonds is 1. The van der Waals surface area contributed by atoms with Gasteiger partial charge in [-0.05, 0) is 61.4 Å². The Labute approximate surface area is 119 Å². The molecule has 1 aromatic rings. The van der Waals surface area contributed by atoms with E-state index in [0.717, 1.165) is 21.7 Å². The van der Waals surface area contributed by atoms with Gasteiger partial charge in [0.05, 0.1) is 6.42 Å². The van der Waals surface area contributed by atoms with E-state index in [1.165, 1.54) is 11.1 Å². The van der Waals surface area contributed by atoms with E-state index < -0.39 is 0 Å². The van der Waals surface area contributed by atoms with Crippen LogP contribution in [0.3, 0.4) is 0 Å². The lowest BCUT2D eigenvalue weighted by atomic mass is 9.78. The highest BCUT2D eigenvalue weighted by Crippen LogP contribution is 2.40. The molecule has 1 saturated carbocycles. The summed E-state index contributed by atoms with van der Waals surface area (Å²) in [5.74, 6) is 0.0273. The van der Waals surface area contributed by atoms with Crippen LogP contribution in [0.15, 0.2) is 0 Å². The fourth-order valence-corrected chi connectivity index (χ4v) is 3.41. The molecule has 0 unspecified atom stereocenters. The average molecular weight is 279 g/mol. The number of hydrogen-bond donors (Lipinski definition) is 0. The molecule has 1 aliphatic carbocycles. The van der Waals surface area contributed by atoms with Gasteiger partial charge in [-0.3, -0.25) is 9.59 Å². The van der Waals surface area contributed by atoms with E-state index >= 15 is 0 Å². The zero-order chi connectivity index (χ0) is 14.3. The molecule has 0 radical (unpaired) electrons. The van der Waals surface area contributed by atoms with Gasteiger partial charge in [0, 0.05) is 17.9 Å². The van der Waals surface area contributed by atoms with Crippen molar-refractivity contribution in [3.8, 4) is 0 Å². The van der Waals surface area contributed by atoms with Crippen molar-refractivity contribution in [2.24, 2.45) is 0 Å². The van der Waals surface area contributed by atoms with Gasteiger partial charge in [0.1, 0.15) is 11.6 Å². The van der Waals surface area contributed by atoms with Gasteiger partial charge in [0.2, 0.25) is 0 Å². The summed E-state index contributed by atoms with van der Waals surface area (Å²) < 4.78 is 0. The maximum absolute atomic E-state index is 11.7. The number of halogens is 1. The zero-order valence-electron chi connectivity index (χ0n) is 11.9. The summed E-state index contributed by atoms with van der Waals surface area (Å²) in [6.07, 6.45) is 0.972. The Balaban J connectivity index is 2.56. The van der Waals surface area contributed by atoms with Gasteiger partial charge in [0.25, 0.3) is 0 Å². The number of hydrogen-bond acceptors (Lipinski definition) is 2. The first-order valence-electron chi connectivity index (χ1n) is 6.62. The van der Waals surface area contributed by atoms with Crippen molar-refractivity contribution < 1.29 is 9.59 Å². The van der Waals surface area contributed by atoms with Gasteiger partial charge in [-0.1, -0.05) is 11.6 Å². The molecule has 0 amide bonds. The minimum absolute atomic E-state index is 0.0348. The fraction of sp³-hybridized carbons (Fsp3) is 0.500. The predicted octanol–water partition coefficient (Wildman–Crippen LogP) is 3.98. The van der Waals surface area contributed by atoms with Crippen molar-refractivity contribution in [3.05, 3.63) is 32.8 Å². The van der Waals surface area contributed by atoms with Gasteiger partial charge in [0.15, 0.2) is 0 Å². The predicted molar refractivity (Wildman–Crippen MR) is 77.0 cm³/mol. The smallest absolute Gasteiger partial charge is 0.140 e. The number of ketones is 2. The van der Waals surface area contributed by atoms with Gasteiger partial charge >= 0.3 is 0 Å². The molecular weight excluding hydrogens is 260 g/mol. The highest BCUT2D eigenvalue weighted by molar-refractivity contribution is 6.32. The Kier molecular flexibility index (Phi) is 3.82. The summed E-state index contributed by atoms with van der Waals surface area (Å²) >= 11 is 6.48. The monoisotopic (exact) mass is 278 g/mol. The van der Waals surface area contributed by atoms with Crippen molar-refractivity contribution in [1.82, 2.24) is 0 Å². The summed E-state index contributed by atoms with van der Waals surface area (Å²) in [4.78, 5) is 23.3. The third kappa shape index (κ3) is 2.46. The highest BCUT2D eigenvalue weighted by Gasteiger charge is 2.30. The Morgan fingerprint density at radius 1 is 0.842 bits per heavy atom. The van der Waals surface area contributed by atoms with E-state index in [1.54, 1.807) is 0 Å². The van der Waals surface area contributed by atoms with E-state index in [4.69, 9.17) is 11.6 Å². The van der Waals surface area contributed by atoms with Crippen molar-refractivity contribution in [3.63, 3.8) is 0 Å². The standard InChI is InChI=1S/C16H19ClO2/c1-8-9(2)11(4)16(17)15(10(8)3)12-5-13(18)7-14(19)6-12/h12H,5-7H2,1-4H3. The SMILES string of the molecule is Cc1c(C)c(C)c(C2CC(=O)CC(=O)C2)c(Cl)c1C. The molecule has 0 atom stereocenters. The van der Waals surface area contributed by atoms with Crippen LogP contribution < -0.4 is 0 Å². The topological polar surface area (TPSA) is 34.1 Å². The molecule has 0 aliphatic heterocycles. The second-order valence-corrected chi connectivity index (χ2v) is 5.96. The molecule has 3 heteroatoms. The quantitative estimate of drug-likeness (QED) is 0.728. The van der Waals surface area contributed by atoms with Crippen LogP contribution >= 0.6 is 11.6 Å². The zero-order valence-corrected chi connectivity index (χ0v) is 12.6. The van der Waals surface area contributed by atoms with Gasteiger partial charge in [-0.15, -0.1) is 0 Å². The lowest BCUT2D eigenvalue weighted by molar-refractivity contribution is -0.130. The summed E-state index contributed by atoms with van der Waals surface area (Å²) in [7, 11) is 0. The normalized spacial score (nSPS) is 17.1. The Morgan fingerprint density at radius 2 is 1.32 bits per heavy atom. The first-order chi connectivity index (χ1) is 8.82. The van der Waals surface area contributed by atoms with Gasteiger partial charge in [-0.2, -0.15) is 0 Å². The first kappa shape index (κ1) is 14.3. The lowest BCUT2D eigenvalue weighted by Gasteiger charge is -2.26. The third-order valence-corrected chi connectivity index (χ3v) is 4.90. The molecule has 0 N–H and O–H groups in total. The minimum Gasteiger partial charge on any atom is -0.299 e. The van der Waals surface area contributed by atoms with E-state index in [0.29, 0.717) is 12.8 Å². The molecule has 0 bridgehead atoms. The second kappa shape index (κ2) is 5.09. The maximum Gasteiger partial charge on any atom is 0.140 e. The largest absolute Gasteiger partial charge is 0.299 e. The maximum atomic E-state index is 11.7. The van der Waals surface area contributed by atoms with Crippen LogP contribution in [-0.4, -0.2) is 11.6 Å². The number of carbonyl (C=O) groups excluding carboxylic acids is 2. The van der Waals surface area contributed by atoms with Crippen LogP contribution in [0.2, 0.25) is 5.02 Å². The lowest BCUT2D eigenvalue weighted by Crippen LogP contribution is -2.22. The van der Waals surface area contributed by atoms with Crippen LogP contribution in [-0.2, 0) is 9.59 Å². The molecule has 2 rings (SSSR count). The Bertz CT molecular complexity index is 528. The third-order valence-electron chi connectivity index (χ3n) is 4.41. The summed E-state index contributed by atoms with van der Waals surface area (Å²) in [5, 5.41) is 0.730. The molecule has 19 heavy (non-hydrogen) atoms. The van der Waals surface area contributed by atoms with Crippen molar-refractivity contribution in [2.45, 2.75) is 52.9 Å². The first-order valence-corrected chi connectivity index (χ1v) is 6.99. The van der Waals surface area contributed by atoms with Crippen molar-refractivity contribution in [1.29, 1.82) is 0 Å². The van der Waals surface area contributed by atoms with Gasteiger partial charge < -0.3 is 0 Å². The minimum atomic E-state index is -0.0424. The average Bonchev–Trinajstić information content (AvgIpc) is 2.33. The molecule has 0 spiro atoms. The fourth-order valence-electron chi connectivity index (χ4n) is 2.97. The summed E-state index contributed by atoms with van der Waals surface area (Å²) in [6.45, 7) is 8.17. The molecule has 0 aromatic heterocycles. The number of benzene rings is 1. The molecule has 1 aliphatic rings. The molecule has 102 valence electrons. The van der Waals surface area contributed by atoms with Crippen LogP contribution in [0.1, 0.15) is 53.0 Å². The van der Waals surface area contributed by atoms with Crippen molar-refractivity contribution >= 4 is 23.2 Å². The van der Waals surface area contributed by atoms with Crippen LogP contribution in [0.4, 0.5) is 0 Å². The molecule has 0 heterocycles. The van der Waals surface area contributed by atoms with Crippen LogP contribution in [0.5, 0.6) is 0 Å². The molecule has 1 aromatic carbocycles. The van der Waals surface area contributed by atoms with Crippen LogP contribution in [0, 0.1) is 27.7 Å². The number of carbonyl (C=O) groups is 2. The molecule has 2 nitrogen and oxygen atoms in total. The van der Waals surface area contributed by atoms with Gasteiger partial charge in [-0.25, -0.2) is 0 Å². The second-order valence-electron chi connectivity index (χ2n) is 5.59. The van der Waals surface area contributed by atoms with E-state index in [-0.39, 0.29) is 23.9 Å². The Hall–Kier alpha value is -1.15. The van der Waals surface area contributed by atoms with Crippen LogP contribution in [0.25, 0.3) is 0 Å². The molecule has 1 fully saturated rings.